The van der Waals surface area contributed by atoms with Crippen LogP contribution in [0.2, 0.25) is 0 Å². The first-order valence-corrected chi connectivity index (χ1v) is 7.51. The van der Waals surface area contributed by atoms with Gasteiger partial charge in [-0.2, -0.15) is 0 Å². The Morgan fingerprint density at radius 3 is 1.85 bits per heavy atom. The van der Waals surface area contributed by atoms with Crippen molar-refractivity contribution in [2.45, 2.75) is 6.54 Å². The van der Waals surface area contributed by atoms with Crippen LogP contribution in [0.1, 0.15) is 5.56 Å². The van der Waals surface area contributed by atoms with E-state index in [0.29, 0.717) is 11.6 Å². The maximum absolute atomic E-state index is 13.5. The summed E-state index contributed by atoms with van der Waals surface area (Å²) in [5.41, 5.74) is 0.439. The Morgan fingerprint density at radius 2 is 1.23 bits per heavy atom. The van der Waals surface area contributed by atoms with Crippen LogP contribution in [0.4, 0.5) is 27.6 Å². The largest absolute Gasteiger partial charge is 0.457 e. The molecule has 7 heteroatoms. The lowest BCUT2D eigenvalue weighted by Crippen LogP contribution is -2.03. The molecule has 0 aliphatic rings. The predicted molar refractivity (Wildman–Crippen MR) is 86.5 cm³/mol. The fourth-order valence-electron chi connectivity index (χ4n) is 2.35. The van der Waals surface area contributed by atoms with Gasteiger partial charge in [-0.3, -0.25) is 0 Å². The molecule has 3 aromatic rings. The third-order valence-corrected chi connectivity index (χ3v) is 3.43. The Balaban J connectivity index is 1.83. The predicted octanol–water partition coefficient (Wildman–Crippen LogP) is 5.79. The van der Waals surface area contributed by atoms with E-state index in [9.17, 15) is 22.0 Å². The van der Waals surface area contributed by atoms with Gasteiger partial charge in [-0.15, -0.1) is 0 Å². The molecule has 0 aliphatic heterocycles. The van der Waals surface area contributed by atoms with Gasteiger partial charge in [0.05, 0.1) is 0 Å². The van der Waals surface area contributed by atoms with E-state index in [4.69, 9.17) is 4.74 Å². The fourth-order valence-corrected chi connectivity index (χ4v) is 2.35. The topological polar surface area (TPSA) is 21.3 Å². The molecule has 0 unspecified atom stereocenters. The van der Waals surface area contributed by atoms with Gasteiger partial charge >= 0.3 is 0 Å². The maximum Gasteiger partial charge on any atom is 0.133 e. The Hall–Kier alpha value is -3.09. The van der Waals surface area contributed by atoms with E-state index in [2.05, 4.69) is 5.32 Å². The van der Waals surface area contributed by atoms with Crippen molar-refractivity contribution in [3.05, 3.63) is 89.2 Å². The summed E-state index contributed by atoms with van der Waals surface area (Å²) in [4.78, 5) is 0. The second kappa shape index (κ2) is 7.43. The first-order chi connectivity index (χ1) is 12.4. The quantitative estimate of drug-likeness (QED) is 0.578. The minimum Gasteiger partial charge on any atom is -0.457 e. The van der Waals surface area contributed by atoms with Gasteiger partial charge < -0.3 is 10.1 Å². The molecule has 0 spiro atoms. The molecule has 0 bridgehead atoms. The molecular formula is C19H12F5NO. The number of hydrogen-bond donors (Lipinski definition) is 1. The first kappa shape index (κ1) is 17.7. The molecule has 0 heterocycles. The standard InChI is InChI=1S/C19H12F5NO/c20-12-1-2-19(26-18-8-15(23)5-16(24)9-18)11(3-12)10-25-17-6-13(21)4-14(22)7-17/h1-9,25H,10H2. The second-order valence-electron chi connectivity index (χ2n) is 5.47. The van der Waals surface area contributed by atoms with Crippen molar-refractivity contribution >= 4 is 5.69 Å². The van der Waals surface area contributed by atoms with Crippen molar-refractivity contribution in [1.29, 1.82) is 0 Å². The number of ether oxygens (including phenoxy) is 1. The SMILES string of the molecule is Fc1cc(F)cc(NCc2cc(F)ccc2Oc2cc(F)cc(F)c2)c1. The van der Waals surface area contributed by atoms with E-state index in [1.807, 2.05) is 0 Å². The van der Waals surface area contributed by atoms with Crippen LogP contribution < -0.4 is 10.1 Å². The monoisotopic (exact) mass is 365 g/mol. The van der Waals surface area contributed by atoms with Crippen LogP contribution in [-0.4, -0.2) is 0 Å². The maximum atomic E-state index is 13.5. The van der Waals surface area contributed by atoms with Crippen LogP contribution in [-0.2, 0) is 6.54 Å². The molecule has 0 amide bonds. The number of nitrogens with one attached hydrogen (secondary N) is 1. The normalized spacial score (nSPS) is 10.7. The van der Waals surface area contributed by atoms with Gasteiger partial charge in [0.2, 0.25) is 0 Å². The number of halogens is 5. The molecule has 2 nitrogen and oxygen atoms in total. The lowest BCUT2D eigenvalue weighted by Gasteiger charge is -2.13. The van der Waals surface area contributed by atoms with E-state index < -0.39 is 29.1 Å². The van der Waals surface area contributed by atoms with Crippen molar-refractivity contribution < 1.29 is 26.7 Å². The van der Waals surface area contributed by atoms with Crippen molar-refractivity contribution in [2.24, 2.45) is 0 Å². The van der Waals surface area contributed by atoms with E-state index in [0.717, 1.165) is 42.5 Å². The average molecular weight is 365 g/mol. The van der Waals surface area contributed by atoms with Crippen molar-refractivity contribution in [3.63, 3.8) is 0 Å². The van der Waals surface area contributed by atoms with E-state index in [1.165, 1.54) is 6.07 Å². The Kier molecular flexibility index (Phi) is 5.06. The van der Waals surface area contributed by atoms with Gasteiger partial charge in [-0.1, -0.05) is 0 Å². The highest BCUT2D eigenvalue weighted by Gasteiger charge is 2.10. The van der Waals surface area contributed by atoms with Crippen molar-refractivity contribution in [2.75, 3.05) is 5.32 Å². The molecule has 1 N–H and O–H groups in total. The average Bonchev–Trinajstić information content (AvgIpc) is 2.53. The highest BCUT2D eigenvalue weighted by Crippen LogP contribution is 2.28. The fraction of sp³-hybridized carbons (Fsp3) is 0.0526. The van der Waals surface area contributed by atoms with Gasteiger partial charge in [-0.25, -0.2) is 22.0 Å². The van der Waals surface area contributed by atoms with Crippen LogP contribution in [0.3, 0.4) is 0 Å². The molecule has 0 fully saturated rings. The van der Waals surface area contributed by atoms with E-state index >= 15 is 0 Å². The zero-order valence-corrected chi connectivity index (χ0v) is 13.2. The summed E-state index contributed by atoms with van der Waals surface area (Å²) in [5, 5.41) is 2.74. The number of hydrogen-bond acceptors (Lipinski definition) is 2. The molecule has 3 rings (SSSR count). The summed E-state index contributed by atoms with van der Waals surface area (Å²) in [5.74, 6) is -3.70. The highest BCUT2D eigenvalue weighted by molar-refractivity contribution is 5.46. The number of benzene rings is 3. The Labute approximate surface area is 145 Å². The van der Waals surface area contributed by atoms with Crippen LogP contribution >= 0.6 is 0 Å². The second-order valence-corrected chi connectivity index (χ2v) is 5.47. The molecule has 26 heavy (non-hydrogen) atoms. The van der Waals surface area contributed by atoms with Gasteiger partial charge in [0.1, 0.15) is 40.6 Å². The number of anilines is 1. The van der Waals surface area contributed by atoms with Crippen LogP contribution in [0.5, 0.6) is 11.5 Å². The van der Waals surface area contributed by atoms with Gasteiger partial charge in [0.25, 0.3) is 0 Å². The smallest absolute Gasteiger partial charge is 0.133 e. The number of rotatable bonds is 5. The summed E-state index contributed by atoms with van der Waals surface area (Å²) < 4.78 is 72.0. The van der Waals surface area contributed by atoms with Gasteiger partial charge in [-0.05, 0) is 30.3 Å². The minimum atomic E-state index is -0.822. The molecule has 0 saturated carbocycles. The van der Waals surface area contributed by atoms with Gasteiger partial charge in [0, 0.05) is 42.1 Å². The third kappa shape index (κ3) is 4.50. The summed E-state index contributed by atoms with van der Waals surface area (Å²) >= 11 is 0. The summed E-state index contributed by atoms with van der Waals surface area (Å²) in [7, 11) is 0. The van der Waals surface area contributed by atoms with Crippen LogP contribution in [0.15, 0.2) is 54.6 Å². The molecule has 3 aromatic carbocycles. The van der Waals surface area contributed by atoms with Crippen molar-refractivity contribution in [3.8, 4) is 11.5 Å². The Morgan fingerprint density at radius 1 is 0.654 bits per heavy atom. The van der Waals surface area contributed by atoms with Gasteiger partial charge in [0.15, 0.2) is 0 Å². The molecule has 0 saturated heterocycles. The lowest BCUT2D eigenvalue weighted by atomic mass is 10.2. The molecular weight excluding hydrogens is 353 g/mol. The van der Waals surface area contributed by atoms with Crippen LogP contribution in [0.25, 0.3) is 0 Å². The first-order valence-electron chi connectivity index (χ1n) is 7.51. The zero-order chi connectivity index (χ0) is 18.7. The summed E-state index contributed by atoms with van der Waals surface area (Å²) in [6, 6.07) is 9.08. The Bertz CT molecular complexity index is 905. The highest BCUT2D eigenvalue weighted by atomic mass is 19.1. The minimum absolute atomic E-state index is 0.0339. The van der Waals surface area contributed by atoms with E-state index in [-0.39, 0.29) is 23.7 Å². The molecule has 0 aliphatic carbocycles. The lowest BCUT2D eigenvalue weighted by molar-refractivity contribution is 0.461. The molecule has 0 aromatic heterocycles. The zero-order valence-electron chi connectivity index (χ0n) is 13.2. The molecule has 0 atom stereocenters. The third-order valence-electron chi connectivity index (χ3n) is 3.43. The summed E-state index contributed by atoms with van der Waals surface area (Å²) in [6.45, 7) is -0.0339. The van der Waals surface area contributed by atoms with Crippen molar-refractivity contribution in [1.82, 2.24) is 0 Å². The summed E-state index contributed by atoms with van der Waals surface area (Å²) in [6.07, 6.45) is 0. The van der Waals surface area contributed by atoms with E-state index in [1.54, 1.807) is 0 Å². The molecule has 0 radical (unpaired) electrons. The molecule has 134 valence electrons. The van der Waals surface area contributed by atoms with Crippen LogP contribution in [0, 0.1) is 29.1 Å².